The highest BCUT2D eigenvalue weighted by Crippen LogP contribution is 2.17. The summed E-state index contributed by atoms with van der Waals surface area (Å²) in [4.78, 5) is 8.67. The summed E-state index contributed by atoms with van der Waals surface area (Å²) in [7, 11) is 0. The monoisotopic (exact) mass is 198 g/mol. The van der Waals surface area contributed by atoms with E-state index in [0.29, 0.717) is 0 Å². The molecule has 76 valence electrons. The maximum Gasteiger partial charge on any atom is 0.0703 e. The van der Waals surface area contributed by atoms with Crippen molar-refractivity contribution in [2.75, 3.05) is 0 Å². The van der Waals surface area contributed by atoms with Crippen LogP contribution in [0.4, 0.5) is 0 Å². The molecule has 0 N–H and O–H groups in total. The molecule has 0 aliphatic heterocycles. The predicted octanol–water partition coefficient (Wildman–Crippen LogP) is 3.01. The van der Waals surface area contributed by atoms with Gasteiger partial charge in [-0.15, -0.1) is 0 Å². The molecular formula is C13H14N2. The largest absolute Gasteiger partial charge is 0.261 e. The number of hydrogen-bond donors (Lipinski definition) is 0. The number of nitrogens with zero attached hydrogens (tertiary/aromatic N) is 2. The number of pyridine rings is 2. The standard InChI is InChI=1S/C13H14N2/c1-3-12-8-11(6-7-14-12)13-5-4-10(2)9-15-13/h4-9H,3H2,1-2H3. The summed E-state index contributed by atoms with van der Waals surface area (Å²) >= 11 is 0. The third-order valence-electron chi connectivity index (χ3n) is 2.39. The summed E-state index contributed by atoms with van der Waals surface area (Å²) in [6.07, 6.45) is 4.69. The van der Waals surface area contributed by atoms with Crippen molar-refractivity contribution in [2.45, 2.75) is 20.3 Å². The van der Waals surface area contributed by atoms with E-state index in [4.69, 9.17) is 0 Å². The molecule has 0 atom stereocenters. The lowest BCUT2D eigenvalue weighted by Crippen LogP contribution is -1.89. The van der Waals surface area contributed by atoms with Crippen LogP contribution >= 0.6 is 0 Å². The van der Waals surface area contributed by atoms with Crippen LogP contribution in [0.2, 0.25) is 0 Å². The third-order valence-corrected chi connectivity index (χ3v) is 2.39. The highest BCUT2D eigenvalue weighted by Gasteiger charge is 1.99. The Morgan fingerprint density at radius 2 is 2.00 bits per heavy atom. The number of rotatable bonds is 2. The fourth-order valence-corrected chi connectivity index (χ4v) is 1.47. The summed E-state index contributed by atoms with van der Waals surface area (Å²) in [5.41, 5.74) is 4.44. The quantitative estimate of drug-likeness (QED) is 0.741. The molecule has 0 unspecified atom stereocenters. The molecule has 0 saturated carbocycles. The van der Waals surface area contributed by atoms with Crippen LogP contribution in [0.3, 0.4) is 0 Å². The lowest BCUT2D eigenvalue weighted by atomic mass is 10.1. The summed E-state index contributed by atoms with van der Waals surface area (Å²) in [5.74, 6) is 0. The van der Waals surface area contributed by atoms with Crippen molar-refractivity contribution in [3.63, 3.8) is 0 Å². The normalized spacial score (nSPS) is 10.3. The molecule has 0 radical (unpaired) electrons. The summed E-state index contributed by atoms with van der Waals surface area (Å²) in [5, 5.41) is 0. The van der Waals surface area contributed by atoms with Crippen molar-refractivity contribution >= 4 is 0 Å². The van der Waals surface area contributed by atoms with Gasteiger partial charge in [-0.1, -0.05) is 13.0 Å². The van der Waals surface area contributed by atoms with Gasteiger partial charge < -0.3 is 0 Å². The van der Waals surface area contributed by atoms with Gasteiger partial charge >= 0.3 is 0 Å². The van der Waals surface area contributed by atoms with E-state index in [1.54, 1.807) is 0 Å². The van der Waals surface area contributed by atoms with Gasteiger partial charge in [-0.2, -0.15) is 0 Å². The van der Waals surface area contributed by atoms with Crippen molar-refractivity contribution in [1.82, 2.24) is 9.97 Å². The molecule has 2 heteroatoms. The number of aryl methyl sites for hydroxylation is 2. The Bertz CT molecular complexity index is 446. The second-order valence-corrected chi connectivity index (χ2v) is 3.61. The molecular weight excluding hydrogens is 184 g/mol. The lowest BCUT2D eigenvalue weighted by molar-refractivity contribution is 1.04. The van der Waals surface area contributed by atoms with Gasteiger partial charge in [0, 0.05) is 23.7 Å². The molecule has 2 nitrogen and oxygen atoms in total. The van der Waals surface area contributed by atoms with Gasteiger partial charge in [0.05, 0.1) is 5.69 Å². The highest BCUT2D eigenvalue weighted by molar-refractivity contribution is 5.58. The maximum absolute atomic E-state index is 4.40. The van der Waals surface area contributed by atoms with Crippen LogP contribution in [0.15, 0.2) is 36.7 Å². The van der Waals surface area contributed by atoms with E-state index in [1.807, 2.05) is 31.5 Å². The average molecular weight is 198 g/mol. The minimum absolute atomic E-state index is 0.958. The minimum atomic E-state index is 0.958. The third kappa shape index (κ3) is 2.21. The summed E-state index contributed by atoms with van der Waals surface area (Å²) < 4.78 is 0. The van der Waals surface area contributed by atoms with E-state index in [-0.39, 0.29) is 0 Å². The van der Waals surface area contributed by atoms with Crippen molar-refractivity contribution in [2.24, 2.45) is 0 Å². The zero-order chi connectivity index (χ0) is 10.7. The van der Waals surface area contributed by atoms with Gasteiger partial charge in [-0.05, 0) is 37.1 Å². The molecule has 2 heterocycles. The molecule has 0 aliphatic rings. The van der Waals surface area contributed by atoms with Crippen LogP contribution in [0.25, 0.3) is 11.3 Å². The Hall–Kier alpha value is -1.70. The summed E-state index contributed by atoms with van der Waals surface area (Å²) in [6.45, 7) is 4.15. The van der Waals surface area contributed by atoms with Crippen LogP contribution < -0.4 is 0 Å². The Kier molecular flexibility index (Phi) is 2.77. The smallest absolute Gasteiger partial charge is 0.0703 e. The second kappa shape index (κ2) is 4.22. The Labute approximate surface area is 90.0 Å². The molecule has 15 heavy (non-hydrogen) atoms. The first-order valence-electron chi connectivity index (χ1n) is 5.17. The fourth-order valence-electron chi connectivity index (χ4n) is 1.47. The topological polar surface area (TPSA) is 25.8 Å². The van der Waals surface area contributed by atoms with Gasteiger partial charge in [0.1, 0.15) is 0 Å². The molecule has 0 fully saturated rings. The average Bonchev–Trinajstić information content (AvgIpc) is 2.30. The van der Waals surface area contributed by atoms with Gasteiger partial charge in [0.15, 0.2) is 0 Å². The van der Waals surface area contributed by atoms with Crippen molar-refractivity contribution in [3.8, 4) is 11.3 Å². The zero-order valence-corrected chi connectivity index (χ0v) is 9.07. The van der Waals surface area contributed by atoms with Crippen molar-refractivity contribution < 1.29 is 0 Å². The number of aromatic nitrogens is 2. The molecule has 0 amide bonds. The molecule has 0 bridgehead atoms. The fraction of sp³-hybridized carbons (Fsp3) is 0.231. The Morgan fingerprint density at radius 1 is 1.13 bits per heavy atom. The molecule has 2 aromatic rings. The lowest BCUT2D eigenvalue weighted by Gasteiger charge is -2.02. The number of hydrogen-bond acceptors (Lipinski definition) is 2. The van der Waals surface area contributed by atoms with Gasteiger partial charge in [-0.3, -0.25) is 9.97 Å². The van der Waals surface area contributed by atoms with Crippen LogP contribution in [0.5, 0.6) is 0 Å². The van der Waals surface area contributed by atoms with Crippen LogP contribution in [0.1, 0.15) is 18.2 Å². The molecule has 2 aromatic heterocycles. The van der Waals surface area contributed by atoms with Crippen LogP contribution in [0, 0.1) is 6.92 Å². The van der Waals surface area contributed by atoms with Crippen LogP contribution in [-0.4, -0.2) is 9.97 Å². The van der Waals surface area contributed by atoms with E-state index >= 15 is 0 Å². The minimum Gasteiger partial charge on any atom is -0.261 e. The van der Waals surface area contributed by atoms with Crippen LogP contribution in [-0.2, 0) is 6.42 Å². The molecule has 0 spiro atoms. The van der Waals surface area contributed by atoms with Crippen molar-refractivity contribution in [1.29, 1.82) is 0 Å². The zero-order valence-electron chi connectivity index (χ0n) is 9.07. The van der Waals surface area contributed by atoms with E-state index in [1.165, 1.54) is 5.56 Å². The predicted molar refractivity (Wildman–Crippen MR) is 61.6 cm³/mol. The first kappa shape index (κ1) is 9.84. The van der Waals surface area contributed by atoms with E-state index in [9.17, 15) is 0 Å². The molecule has 2 rings (SSSR count). The van der Waals surface area contributed by atoms with Gasteiger partial charge in [0.25, 0.3) is 0 Å². The van der Waals surface area contributed by atoms with E-state index < -0.39 is 0 Å². The Morgan fingerprint density at radius 3 is 2.67 bits per heavy atom. The summed E-state index contributed by atoms with van der Waals surface area (Å²) in [6, 6.07) is 8.22. The SMILES string of the molecule is CCc1cc(-c2ccc(C)cn2)ccn1. The first-order chi connectivity index (χ1) is 7.29. The van der Waals surface area contributed by atoms with Crippen molar-refractivity contribution in [3.05, 3.63) is 47.9 Å². The second-order valence-electron chi connectivity index (χ2n) is 3.61. The molecule has 0 saturated heterocycles. The highest BCUT2D eigenvalue weighted by atomic mass is 14.7. The Balaban J connectivity index is 2.40. The maximum atomic E-state index is 4.40. The van der Waals surface area contributed by atoms with Gasteiger partial charge in [0.2, 0.25) is 0 Å². The van der Waals surface area contributed by atoms with E-state index in [2.05, 4.69) is 29.0 Å². The molecule has 0 aliphatic carbocycles. The van der Waals surface area contributed by atoms with Gasteiger partial charge in [-0.25, -0.2) is 0 Å². The van der Waals surface area contributed by atoms with E-state index in [0.717, 1.165) is 23.4 Å². The molecule has 0 aromatic carbocycles. The first-order valence-corrected chi connectivity index (χ1v) is 5.17.